The maximum Gasteiger partial charge on any atom is 0.265 e. The van der Waals surface area contributed by atoms with Crippen LogP contribution in [0.5, 0.6) is 0 Å². The van der Waals surface area contributed by atoms with Gasteiger partial charge in [0.15, 0.2) is 5.13 Å². The zero-order chi connectivity index (χ0) is 14.7. The molecular weight excluding hydrogens is 276 g/mol. The van der Waals surface area contributed by atoms with E-state index in [0.29, 0.717) is 22.6 Å². The van der Waals surface area contributed by atoms with Gasteiger partial charge in [-0.3, -0.25) is 9.69 Å². The largest absolute Gasteiger partial charge is 0.382 e. The number of aromatic nitrogens is 1. The van der Waals surface area contributed by atoms with Crippen LogP contribution in [0.2, 0.25) is 0 Å². The minimum Gasteiger partial charge on any atom is -0.382 e. The number of anilines is 2. The summed E-state index contributed by atoms with van der Waals surface area (Å²) in [6.45, 7) is 3.65. The van der Waals surface area contributed by atoms with Gasteiger partial charge >= 0.3 is 0 Å². The zero-order valence-electron chi connectivity index (χ0n) is 12.1. The molecule has 1 aliphatic heterocycles. The molecule has 1 aromatic heterocycles. The number of likely N-dealkylation sites (N-methyl/N-ethyl adjacent to an activating group) is 2. The number of carbonyl (C=O) groups excluding carboxylic acids is 1. The average molecular weight is 298 g/mol. The zero-order valence-corrected chi connectivity index (χ0v) is 13.0. The van der Waals surface area contributed by atoms with Crippen molar-refractivity contribution in [1.29, 1.82) is 0 Å². The summed E-state index contributed by atoms with van der Waals surface area (Å²) in [4.78, 5) is 21.2. The molecule has 2 rings (SSSR count). The monoisotopic (exact) mass is 298 g/mol. The van der Waals surface area contributed by atoms with E-state index in [9.17, 15) is 4.79 Å². The molecule has 2 heterocycles. The highest BCUT2D eigenvalue weighted by molar-refractivity contribution is 7.18. The van der Waals surface area contributed by atoms with Crippen LogP contribution in [0.3, 0.4) is 0 Å². The highest BCUT2D eigenvalue weighted by atomic mass is 32.1. The Balaban J connectivity index is 1.92. The Kier molecular flexibility index (Phi) is 4.79. The van der Waals surface area contributed by atoms with E-state index >= 15 is 0 Å². The Morgan fingerprint density at radius 1 is 1.50 bits per heavy atom. The number of nitrogen functional groups attached to an aromatic ring is 1. The van der Waals surface area contributed by atoms with E-state index in [1.165, 1.54) is 11.3 Å². The number of piperazine rings is 1. The quantitative estimate of drug-likeness (QED) is 0.710. The molecule has 1 aromatic rings. The molecular formula is C12H22N6OS. The molecule has 0 spiro atoms. The topological polar surface area (TPSA) is 86.5 Å². The van der Waals surface area contributed by atoms with Crippen molar-refractivity contribution in [2.45, 2.75) is 6.04 Å². The third-order valence-electron chi connectivity index (χ3n) is 3.55. The summed E-state index contributed by atoms with van der Waals surface area (Å²) >= 11 is 1.27. The highest BCUT2D eigenvalue weighted by Gasteiger charge is 2.23. The molecule has 112 valence electrons. The minimum absolute atomic E-state index is 0.150. The first kappa shape index (κ1) is 15.0. The van der Waals surface area contributed by atoms with E-state index in [4.69, 9.17) is 5.73 Å². The molecule has 1 saturated heterocycles. The number of hydrogen-bond donors (Lipinski definition) is 3. The van der Waals surface area contributed by atoms with E-state index in [0.717, 1.165) is 19.6 Å². The second-order valence-corrected chi connectivity index (χ2v) is 6.09. The average Bonchev–Trinajstić information content (AvgIpc) is 2.81. The second kappa shape index (κ2) is 6.38. The van der Waals surface area contributed by atoms with Crippen LogP contribution in [0.25, 0.3) is 0 Å². The van der Waals surface area contributed by atoms with Crippen molar-refractivity contribution in [1.82, 2.24) is 20.1 Å². The molecule has 7 nitrogen and oxygen atoms in total. The van der Waals surface area contributed by atoms with Gasteiger partial charge < -0.3 is 21.3 Å². The number of nitrogens with two attached hydrogens (primary N) is 1. The molecule has 8 heteroatoms. The van der Waals surface area contributed by atoms with Gasteiger partial charge in [0.1, 0.15) is 10.7 Å². The van der Waals surface area contributed by atoms with Crippen LogP contribution in [0.15, 0.2) is 0 Å². The van der Waals surface area contributed by atoms with Crippen molar-refractivity contribution in [2.75, 3.05) is 58.4 Å². The van der Waals surface area contributed by atoms with Gasteiger partial charge in [0.05, 0.1) is 0 Å². The summed E-state index contributed by atoms with van der Waals surface area (Å²) in [5.74, 6) is 0.133. The van der Waals surface area contributed by atoms with Crippen LogP contribution in [-0.2, 0) is 0 Å². The maximum absolute atomic E-state index is 12.1. The third kappa shape index (κ3) is 3.38. The molecule has 1 atom stereocenters. The molecule has 0 saturated carbocycles. The van der Waals surface area contributed by atoms with Gasteiger partial charge in [-0.1, -0.05) is 11.3 Å². The third-order valence-corrected chi connectivity index (χ3v) is 4.64. The number of carbonyl (C=O) groups is 1. The standard InChI is InChI=1S/C12H22N6OS/c1-14-12-16-10(13)9(20-12)11(19)15-6-8-7-17(2)4-5-18(8)3/h8H,4-7,13H2,1-3H3,(H,14,16)(H,15,19). The van der Waals surface area contributed by atoms with Gasteiger partial charge in [-0.25, -0.2) is 4.98 Å². The molecule has 0 aliphatic carbocycles. The number of rotatable bonds is 4. The van der Waals surface area contributed by atoms with Crippen LogP contribution in [0.1, 0.15) is 9.67 Å². The fraction of sp³-hybridized carbons (Fsp3) is 0.667. The number of thiazole rings is 1. The van der Waals surface area contributed by atoms with E-state index < -0.39 is 0 Å². The van der Waals surface area contributed by atoms with Crippen LogP contribution >= 0.6 is 11.3 Å². The normalized spacial score (nSPS) is 20.9. The fourth-order valence-electron chi connectivity index (χ4n) is 2.21. The van der Waals surface area contributed by atoms with E-state index in [-0.39, 0.29) is 11.7 Å². The predicted octanol–water partition coefficient (Wildman–Crippen LogP) is -0.257. The summed E-state index contributed by atoms with van der Waals surface area (Å²) in [6.07, 6.45) is 0. The van der Waals surface area contributed by atoms with Crippen molar-refractivity contribution < 1.29 is 4.79 Å². The van der Waals surface area contributed by atoms with Gasteiger partial charge in [-0.05, 0) is 14.1 Å². The van der Waals surface area contributed by atoms with Gasteiger partial charge in [0, 0.05) is 39.3 Å². The van der Waals surface area contributed by atoms with Crippen molar-refractivity contribution >= 4 is 28.2 Å². The van der Waals surface area contributed by atoms with Gasteiger partial charge in [-0.15, -0.1) is 0 Å². The maximum atomic E-state index is 12.1. The lowest BCUT2D eigenvalue weighted by Gasteiger charge is -2.37. The first-order valence-electron chi connectivity index (χ1n) is 6.62. The second-order valence-electron chi connectivity index (χ2n) is 5.09. The molecule has 0 aromatic carbocycles. The minimum atomic E-state index is -0.150. The Hall–Kier alpha value is -1.38. The van der Waals surface area contributed by atoms with E-state index in [2.05, 4.69) is 39.5 Å². The number of nitrogens with zero attached hydrogens (tertiary/aromatic N) is 3. The van der Waals surface area contributed by atoms with E-state index in [1.807, 2.05) is 0 Å². The molecule has 1 amide bonds. The van der Waals surface area contributed by atoms with Crippen LogP contribution < -0.4 is 16.4 Å². The summed E-state index contributed by atoms with van der Waals surface area (Å²) in [5, 5.41) is 6.50. The number of nitrogens with one attached hydrogen (secondary N) is 2. The molecule has 0 radical (unpaired) electrons. The molecule has 20 heavy (non-hydrogen) atoms. The van der Waals surface area contributed by atoms with Crippen molar-refractivity contribution in [3.05, 3.63) is 4.88 Å². The fourth-order valence-corrected chi connectivity index (χ4v) is 2.97. The summed E-state index contributed by atoms with van der Waals surface area (Å²) in [7, 11) is 5.94. The smallest absolute Gasteiger partial charge is 0.265 e. The first-order valence-corrected chi connectivity index (χ1v) is 7.44. The van der Waals surface area contributed by atoms with Crippen molar-refractivity contribution in [2.24, 2.45) is 0 Å². The van der Waals surface area contributed by atoms with Crippen molar-refractivity contribution in [3.63, 3.8) is 0 Å². The number of amides is 1. The predicted molar refractivity (Wildman–Crippen MR) is 82.3 cm³/mol. The molecule has 1 aliphatic rings. The summed E-state index contributed by atoms with van der Waals surface area (Å²) in [6, 6.07) is 0.329. The molecule has 4 N–H and O–H groups in total. The summed E-state index contributed by atoms with van der Waals surface area (Å²) < 4.78 is 0. The Bertz CT molecular complexity index is 477. The molecule has 0 bridgehead atoms. The Morgan fingerprint density at radius 2 is 2.25 bits per heavy atom. The SMILES string of the molecule is CNc1nc(N)c(C(=O)NCC2CN(C)CCN2C)s1. The van der Waals surface area contributed by atoms with Crippen LogP contribution in [-0.4, -0.2) is 74.1 Å². The lowest BCUT2D eigenvalue weighted by atomic mass is 10.2. The number of hydrogen-bond acceptors (Lipinski definition) is 7. The van der Waals surface area contributed by atoms with Gasteiger partial charge in [0.2, 0.25) is 0 Å². The lowest BCUT2D eigenvalue weighted by molar-refractivity contribution is 0.0885. The lowest BCUT2D eigenvalue weighted by Crippen LogP contribution is -2.54. The van der Waals surface area contributed by atoms with Gasteiger partial charge in [-0.2, -0.15) is 0 Å². The van der Waals surface area contributed by atoms with Crippen molar-refractivity contribution in [3.8, 4) is 0 Å². The van der Waals surface area contributed by atoms with Crippen LogP contribution in [0, 0.1) is 0 Å². The first-order chi connectivity index (χ1) is 9.51. The molecule has 1 fully saturated rings. The summed E-state index contributed by atoms with van der Waals surface area (Å²) in [5.41, 5.74) is 5.76. The Labute approximate surface area is 123 Å². The van der Waals surface area contributed by atoms with Gasteiger partial charge in [0.25, 0.3) is 5.91 Å². The van der Waals surface area contributed by atoms with E-state index in [1.54, 1.807) is 7.05 Å². The Morgan fingerprint density at radius 3 is 2.90 bits per heavy atom. The highest BCUT2D eigenvalue weighted by Crippen LogP contribution is 2.24. The van der Waals surface area contributed by atoms with Crippen LogP contribution in [0.4, 0.5) is 10.9 Å². The molecule has 1 unspecified atom stereocenters.